The van der Waals surface area contributed by atoms with Gasteiger partial charge in [-0.2, -0.15) is 0 Å². The molecular weight excluding hydrogens is 234 g/mol. The third kappa shape index (κ3) is 5.33. The van der Waals surface area contributed by atoms with Crippen molar-refractivity contribution in [1.82, 2.24) is 5.32 Å². The standard InChI is InChI=1S/C13H25NO4/c1-3-5-6-16-7-8-18-13(15)11-9-17-10-12(11)14-4-2/h11-12,14H,3-10H2,1-2H3. The summed E-state index contributed by atoms with van der Waals surface area (Å²) in [4.78, 5) is 11.8. The van der Waals surface area contributed by atoms with E-state index in [0.29, 0.717) is 26.4 Å². The average molecular weight is 259 g/mol. The number of ether oxygens (including phenoxy) is 3. The van der Waals surface area contributed by atoms with E-state index in [1.165, 1.54) is 0 Å². The van der Waals surface area contributed by atoms with Crippen LogP contribution in [0.15, 0.2) is 0 Å². The van der Waals surface area contributed by atoms with E-state index in [-0.39, 0.29) is 17.9 Å². The monoisotopic (exact) mass is 259 g/mol. The number of nitrogens with one attached hydrogen (secondary N) is 1. The highest BCUT2D eigenvalue weighted by Crippen LogP contribution is 2.15. The summed E-state index contributed by atoms with van der Waals surface area (Å²) in [6.45, 7) is 7.54. The first kappa shape index (κ1) is 15.4. The van der Waals surface area contributed by atoms with Crippen LogP contribution in [0.3, 0.4) is 0 Å². The molecule has 5 nitrogen and oxygen atoms in total. The second-order valence-corrected chi connectivity index (χ2v) is 4.44. The van der Waals surface area contributed by atoms with Gasteiger partial charge in [0.1, 0.15) is 6.61 Å². The molecule has 18 heavy (non-hydrogen) atoms. The molecule has 1 fully saturated rings. The van der Waals surface area contributed by atoms with Gasteiger partial charge in [0.2, 0.25) is 0 Å². The van der Waals surface area contributed by atoms with E-state index in [4.69, 9.17) is 14.2 Å². The third-order valence-corrected chi connectivity index (χ3v) is 2.96. The zero-order chi connectivity index (χ0) is 13.2. The van der Waals surface area contributed by atoms with Crippen LogP contribution in [0.2, 0.25) is 0 Å². The molecule has 2 unspecified atom stereocenters. The number of likely N-dealkylation sites (N-methyl/N-ethyl adjacent to an activating group) is 1. The van der Waals surface area contributed by atoms with Crippen LogP contribution in [0.4, 0.5) is 0 Å². The Labute approximate surface area is 109 Å². The summed E-state index contributed by atoms with van der Waals surface area (Å²) in [5.41, 5.74) is 0. The number of hydrogen-bond acceptors (Lipinski definition) is 5. The number of rotatable bonds is 9. The first-order chi connectivity index (χ1) is 8.79. The van der Waals surface area contributed by atoms with Crippen molar-refractivity contribution >= 4 is 5.97 Å². The second-order valence-electron chi connectivity index (χ2n) is 4.44. The van der Waals surface area contributed by atoms with Gasteiger partial charge < -0.3 is 19.5 Å². The van der Waals surface area contributed by atoms with Crippen molar-refractivity contribution in [2.45, 2.75) is 32.7 Å². The van der Waals surface area contributed by atoms with E-state index in [0.717, 1.165) is 26.0 Å². The summed E-state index contributed by atoms with van der Waals surface area (Å²) >= 11 is 0. The zero-order valence-electron chi connectivity index (χ0n) is 11.4. The smallest absolute Gasteiger partial charge is 0.313 e. The molecule has 0 spiro atoms. The predicted molar refractivity (Wildman–Crippen MR) is 68.5 cm³/mol. The van der Waals surface area contributed by atoms with Crippen molar-refractivity contribution in [3.05, 3.63) is 0 Å². The molecule has 106 valence electrons. The maximum Gasteiger partial charge on any atom is 0.313 e. The molecule has 0 aromatic rings. The molecule has 0 aromatic carbocycles. The Balaban J connectivity index is 2.12. The molecule has 5 heteroatoms. The van der Waals surface area contributed by atoms with Crippen LogP contribution in [0.1, 0.15) is 26.7 Å². The average Bonchev–Trinajstić information content (AvgIpc) is 2.82. The highest BCUT2D eigenvalue weighted by Gasteiger charge is 2.34. The summed E-state index contributed by atoms with van der Waals surface area (Å²) in [5.74, 6) is -0.363. The summed E-state index contributed by atoms with van der Waals surface area (Å²) < 4.78 is 15.8. The van der Waals surface area contributed by atoms with Gasteiger partial charge in [-0.15, -0.1) is 0 Å². The van der Waals surface area contributed by atoms with Crippen molar-refractivity contribution in [3.63, 3.8) is 0 Å². The van der Waals surface area contributed by atoms with Gasteiger partial charge in [0.25, 0.3) is 0 Å². The molecular formula is C13H25NO4. The normalized spacial score (nSPS) is 23.2. The van der Waals surface area contributed by atoms with Crippen molar-refractivity contribution in [1.29, 1.82) is 0 Å². The van der Waals surface area contributed by atoms with E-state index in [2.05, 4.69) is 12.2 Å². The summed E-state index contributed by atoms with van der Waals surface area (Å²) in [6.07, 6.45) is 2.16. The lowest BCUT2D eigenvalue weighted by molar-refractivity contribution is -0.150. The van der Waals surface area contributed by atoms with E-state index in [9.17, 15) is 4.79 Å². The molecule has 1 aliphatic rings. The number of hydrogen-bond donors (Lipinski definition) is 1. The molecule has 0 saturated carbocycles. The van der Waals surface area contributed by atoms with Crippen LogP contribution < -0.4 is 5.32 Å². The van der Waals surface area contributed by atoms with Crippen LogP contribution in [0.25, 0.3) is 0 Å². The fourth-order valence-corrected chi connectivity index (χ4v) is 1.91. The van der Waals surface area contributed by atoms with Crippen molar-refractivity contribution < 1.29 is 19.0 Å². The van der Waals surface area contributed by atoms with Crippen LogP contribution in [-0.4, -0.2) is 51.6 Å². The highest BCUT2D eigenvalue weighted by atomic mass is 16.6. The Hall–Kier alpha value is -0.650. The Morgan fingerprint density at radius 2 is 2.11 bits per heavy atom. The largest absolute Gasteiger partial charge is 0.463 e. The number of esters is 1. The predicted octanol–water partition coefficient (Wildman–Crippen LogP) is 0.971. The highest BCUT2D eigenvalue weighted by molar-refractivity contribution is 5.73. The fraction of sp³-hybridized carbons (Fsp3) is 0.923. The van der Waals surface area contributed by atoms with Gasteiger partial charge >= 0.3 is 5.97 Å². The summed E-state index contributed by atoms with van der Waals surface area (Å²) in [6, 6.07) is 0.0866. The van der Waals surface area contributed by atoms with Gasteiger partial charge in [0, 0.05) is 12.6 Å². The van der Waals surface area contributed by atoms with E-state index in [1.54, 1.807) is 0 Å². The van der Waals surface area contributed by atoms with Gasteiger partial charge in [-0.1, -0.05) is 20.3 Å². The molecule has 0 radical (unpaired) electrons. The van der Waals surface area contributed by atoms with Crippen LogP contribution in [0, 0.1) is 5.92 Å². The van der Waals surface area contributed by atoms with Crippen LogP contribution >= 0.6 is 0 Å². The third-order valence-electron chi connectivity index (χ3n) is 2.96. The lowest BCUT2D eigenvalue weighted by atomic mass is 10.0. The van der Waals surface area contributed by atoms with Crippen molar-refractivity contribution in [2.24, 2.45) is 5.92 Å². The molecule has 0 bridgehead atoms. The van der Waals surface area contributed by atoms with E-state index in [1.807, 2.05) is 6.92 Å². The molecule has 1 aliphatic heterocycles. The zero-order valence-corrected chi connectivity index (χ0v) is 11.4. The number of carbonyl (C=O) groups is 1. The minimum atomic E-state index is -0.183. The van der Waals surface area contributed by atoms with Crippen molar-refractivity contribution in [3.8, 4) is 0 Å². The number of unbranched alkanes of at least 4 members (excludes halogenated alkanes) is 1. The summed E-state index contributed by atoms with van der Waals surface area (Å²) in [5, 5.41) is 3.24. The quantitative estimate of drug-likeness (QED) is 0.494. The molecule has 1 rings (SSSR count). The minimum Gasteiger partial charge on any atom is -0.463 e. The molecule has 2 atom stereocenters. The Bertz CT molecular complexity index is 235. The Kier molecular flexibility index (Phi) is 7.96. The summed E-state index contributed by atoms with van der Waals surface area (Å²) in [7, 11) is 0. The maximum atomic E-state index is 11.8. The van der Waals surface area contributed by atoms with Crippen molar-refractivity contribution in [2.75, 3.05) is 39.6 Å². The second kappa shape index (κ2) is 9.30. The van der Waals surface area contributed by atoms with Gasteiger partial charge in [0.05, 0.1) is 25.7 Å². The van der Waals surface area contributed by atoms with E-state index < -0.39 is 0 Å². The Morgan fingerprint density at radius 1 is 1.28 bits per heavy atom. The van der Waals surface area contributed by atoms with Gasteiger partial charge in [-0.05, 0) is 13.0 Å². The van der Waals surface area contributed by atoms with Gasteiger partial charge in [-0.25, -0.2) is 0 Å². The number of carbonyl (C=O) groups excluding carboxylic acids is 1. The molecule has 0 aromatic heterocycles. The molecule has 1 saturated heterocycles. The molecule has 0 amide bonds. The van der Waals surface area contributed by atoms with Gasteiger partial charge in [-0.3, -0.25) is 4.79 Å². The van der Waals surface area contributed by atoms with Gasteiger partial charge in [0.15, 0.2) is 0 Å². The lowest BCUT2D eigenvalue weighted by Gasteiger charge is -2.17. The fourth-order valence-electron chi connectivity index (χ4n) is 1.91. The first-order valence-corrected chi connectivity index (χ1v) is 6.85. The SMILES string of the molecule is CCCCOCCOC(=O)C1COCC1NCC. The molecule has 0 aliphatic carbocycles. The Morgan fingerprint density at radius 3 is 2.83 bits per heavy atom. The van der Waals surface area contributed by atoms with Crippen LogP contribution in [-0.2, 0) is 19.0 Å². The van der Waals surface area contributed by atoms with Crippen LogP contribution in [0.5, 0.6) is 0 Å². The van der Waals surface area contributed by atoms with E-state index >= 15 is 0 Å². The lowest BCUT2D eigenvalue weighted by Crippen LogP contribution is -2.40. The molecule has 1 N–H and O–H groups in total. The molecule has 1 heterocycles. The maximum absolute atomic E-state index is 11.8. The topological polar surface area (TPSA) is 56.8 Å². The first-order valence-electron chi connectivity index (χ1n) is 6.85. The minimum absolute atomic E-state index is 0.0866.